The minimum Gasteiger partial charge on any atom is -0.368 e. The average Bonchev–Trinajstić information content (AvgIpc) is 2.01. The molecule has 0 saturated carbocycles. The molecule has 84 valence electrons. The summed E-state index contributed by atoms with van der Waals surface area (Å²) in [6.45, 7) is 8.71. The molecule has 0 radical (unpaired) electrons. The molecule has 3 N–H and O–H groups in total. The Balaban J connectivity index is 3.95. The third-order valence-electron chi connectivity index (χ3n) is 1.97. The van der Waals surface area contributed by atoms with Crippen molar-refractivity contribution in [3.05, 3.63) is 0 Å². The van der Waals surface area contributed by atoms with Crippen LogP contribution in [0.4, 0.5) is 0 Å². The summed E-state index contributed by atoms with van der Waals surface area (Å²) < 4.78 is 0. The first-order valence-electron chi connectivity index (χ1n) is 5.18. The number of nitrogens with zero attached hydrogens (tertiary/aromatic N) is 1. The molecule has 0 aliphatic carbocycles. The summed E-state index contributed by atoms with van der Waals surface area (Å²) in [5.41, 5.74) is 5.27. The van der Waals surface area contributed by atoms with E-state index in [1.54, 1.807) is 0 Å². The topological polar surface area (TPSA) is 58.4 Å². The molecule has 1 atom stereocenters. The fourth-order valence-electron chi connectivity index (χ4n) is 1.51. The van der Waals surface area contributed by atoms with Crippen LogP contribution in [-0.4, -0.2) is 43.5 Å². The second-order valence-corrected chi connectivity index (χ2v) is 4.13. The zero-order chi connectivity index (χ0) is 11.1. The lowest BCUT2D eigenvalue weighted by molar-refractivity contribution is -0.120. The van der Waals surface area contributed by atoms with E-state index in [1.807, 2.05) is 14.0 Å². The number of hydrogen-bond acceptors (Lipinski definition) is 3. The number of nitrogens with one attached hydrogen (secondary N) is 1. The Morgan fingerprint density at radius 1 is 1.43 bits per heavy atom. The standard InChI is InChI=1S/C10H23N3O/c1-5-12-9(10(11)14)7-13(4)6-8(2)3/h8-9,12H,5-7H2,1-4H3,(H2,11,14). The Morgan fingerprint density at radius 3 is 2.36 bits per heavy atom. The predicted octanol–water partition coefficient (Wildman–Crippen LogP) is 0.0376. The van der Waals surface area contributed by atoms with Crippen molar-refractivity contribution in [2.75, 3.05) is 26.7 Å². The van der Waals surface area contributed by atoms with Crippen LogP contribution in [0.5, 0.6) is 0 Å². The van der Waals surface area contributed by atoms with Crippen molar-refractivity contribution < 1.29 is 4.79 Å². The third-order valence-corrected chi connectivity index (χ3v) is 1.97. The van der Waals surface area contributed by atoms with Gasteiger partial charge in [0, 0.05) is 13.1 Å². The number of likely N-dealkylation sites (N-methyl/N-ethyl adjacent to an activating group) is 2. The highest BCUT2D eigenvalue weighted by Gasteiger charge is 2.16. The van der Waals surface area contributed by atoms with Crippen molar-refractivity contribution in [3.63, 3.8) is 0 Å². The van der Waals surface area contributed by atoms with Crippen molar-refractivity contribution in [3.8, 4) is 0 Å². The molecule has 0 rings (SSSR count). The van der Waals surface area contributed by atoms with E-state index in [4.69, 9.17) is 5.73 Å². The molecular weight excluding hydrogens is 178 g/mol. The summed E-state index contributed by atoms with van der Waals surface area (Å²) in [6, 6.07) is -0.233. The predicted molar refractivity (Wildman–Crippen MR) is 59.0 cm³/mol. The van der Waals surface area contributed by atoms with Crippen LogP contribution in [0.15, 0.2) is 0 Å². The van der Waals surface area contributed by atoms with E-state index in [-0.39, 0.29) is 11.9 Å². The SMILES string of the molecule is CCNC(CN(C)CC(C)C)C(N)=O. The van der Waals surface area contributed by atoms with Crippen LogP contribution in [0, 0.1) is 5.92 Å². The summed E-state index contributed by atoms with van der Waals surface area (Å²) in [4.78, 5) is 13.2. The van der Waals surface area contributed by atoms with Crippen LogP contribution < -0.4 is 11.1 Å². The second kappa shape index (κ2) is 6.79. The summed E-state index contributed by atoms with van der Waals surface area (Å²) in [6.07, 6.45) is 0. The zero-order valence-corrected chi connectivity index (χ0v) is 9.71. The van der Waals surface area contributed by atoms with Gasteiger partial charge in [0.2, 0.25) is 5.91 Å². The van der Waals surface area contributed by atoms with Gasteiger partial charge in [-0.25, -0.2) is 0 Å². The average molecular weight is 201 g/mol. The van der Waals surface area contributed by atoms with E-state index in [0.717, 1.165) is 13.1 Å². The van der Waals surface area contributed by atoms with Crippen LogP contribution in [-0.2, 0) is 4.79 Å². The van der Waals surface area contributed by atoms with Crippen molar-refractivity contribution in [2.24, 2.45) is 11.7 Å². The summed E-state index contributed by atoms with van der Waals surface area (Å²) in [5.74, 6) is 0.331. The van der Waals surface area contributed by atoms with Crippen LogP contribution in [0.3, 0.4) is 0 Å². The van der Waals surface area contributed by atoms with Gasteiger partial charge in [-0.1, -0.05) is 20.8 Å². The molecule has 4 nitrogen and oxygen atoms in total. The molecule has 1 unspecified atom stereocenters. The fourth-order valence-corrected chi connectivity index (χ4v) is 1.51. The van der Waals surface area contributed by atoms with E-state index >= 15 is 0 Å². The number of rotatable bonds is 7. The summed E-state index contributed by atoms with van der Waals surface area (Å²) >= 11 is 0. The molecule has 0 fully saturated rings. The van der Waals surface area contributed by atoms with Gasteiger partial charge in [-0.2, -0.15) is 0 Å². The monoisotopic (exact) mass is 201 g/mol. The molecule has 4 heteroatoms. The molecule has 0 aromatic heterocycles. The highest BCUT2D eigenvalue weighted by molar-refractivity contribution is 5.80. The van der Waals surface area contributed by atoms with Gasteiger partial charge in [0.1, 0.15) is 0 Å². The Morgan fingerprint density at radius 2 is 2.00 bits per heavy atom. The maximum absolute atomic E-state index is 11.0. The minimum absolute atomic E-state index is 0.233. The molecule has 14 heavy (non-hydrogen) atoms. The van der Waals surface area contributed by atoms with Gasteiger partial charge in [0.05, 0.1) is 6.04 Å². The van der Waals surface area contributed by atoms with Gasteiger partial charge >= 0.3 is 0 Å². The first-order chi connectivity index (χ1) is 6.47. The quantitative estimate of drug-likeness (QED) is 0.611. The lowest BCUT2D eigenvalue weighted by atomic mass is 10.2. The number of carbonyl (C=O) groups excluding carboxylic acids is 1. The molecular formula is C10H23N3O. The maximum atomic E-state index is 11.0. The number of carbonyl (C=O) groups is 1. The molecule has 0 spiro atoms. The largest absolute Gasteiger partial charge is 0.368 e. The Hall–Kier alpha value is -0.610. The lowest BCUT2D eigenvalue weighted by Gasteiger charge is -2.23. The first kappa shape index (κ1) is 13.4. The summed E-state index contributed by atoms with van der Waals surface area (Å²) in [5, 5.41) is 3.07. The molecule has 0 aliphatic rings. The first-order valence-corrected chi connectivity index (χ1v) is 5.18. The van der Waals surface area contributed by atoms with Gasteiger partial charge < -0.3 is 16.0 Å². The normalized spacial score (nSPS) is 13.6. The third kappa shape index (κ3) is 5.94. The molecule has 0 bridgehead atoms. The Kier molecular flexibility index (Phi) is 6.49. The van der Waals surface area contributed by atoms with Crippen molar-refractivity contribution in [2.45, 2.75) is 26.8 Å². The number of hydrogen-bond donors (Lipinski definition) is 2. The molecule has 0 aliphatic heterocycles. The van der Waals surface area contributed by atoms with E-state index in [1.165, 1.54) is 0 Å². The van der Waals surface area contributed by atoms with Crippen molar-refractivity contribution >= 4 is 5.91 Å². The van der Waals surface area contributed by atoms with Gasteiger partial charge in [-0.3, -0.25) is 4.79 Å². The Labute approximate surface area is 86.8 Å². The fraction of sp³-hybridized carbons (Fsp3) is 0.900. The van der Waals surface area contributed by atoms with E-state index in [0.29, 0.717) is 12.5 Å². The van der Waals surface area contributed by atoms with Crippen molar-refractivity contribution in [1.29, 1.82) is 0 Å². The lowest BCUT2D eigenvalue weighted by Crippen LogP contribution is -2.48. The smallest absolute Gasteiger partial charge is 0.235 e. The molecule has 0 aromatic carbocycles. The number of nitrogens with two attached hydrogens (primary N) is 1. The zero-order valence-electron chi connectivity index (χ0n) is 9.71. The Bertz CT molecular complexity index is 171. The van der Waals surface area contributed by atoms with Crippen LogP contribution in [0.2, 0.25) is 0 Å². The number of primary amides is 1. The number of amides is 1. The van der Waals surface area contributed by atoms with Crippen LogP contribution in [0.25, 0.3) is 0 Å². The van der Waals surface area contributed by atoms with Crippen LogP contribution >= 0.6 is 0 Å². The molecule has 0 saturated heterocycles. The van der Waals surface area contributed by atoms with E-state index in [2.05, 4.69) is 24.1 Å². The maximum Gasteiger partial charge on any atom is 0.235 e. The minimum atomic E-state index is -0.276. The molecule has 1 amide bonds. The summed E-state index contributed by atoms with van der Waals surface area (Å²) in [7, 11) is 2.01. The van der Waals surface area contributed by atoms with Crippen LogP contribution in [0.1, 0.15) is 20.8 Å². The highest BCUT2D eigenvalue weighted by atomic mass is 16.1. The van der Waals surface area contributed by atoms with Gasteiger partial charge in [0.15, 0.2) is 0 Å². The molecule has 0 aromatic rings. The van der Waals surface area contributed by atoms with Gasteiger partial charge in [0.25, 0.3) is 0 Å². The second-order valence-electron chi connectivity index (χ2n) is 4.13. The van der Waals surface area contributed by atoms with E-state index in [9.17, 15) is 4.79 Å². The van der Waals surface area contributed by atoms with E-state index < -0.39 is 0 Å². The highest BCUT2D eigenvalue weighted by Crippen LogP contribution is 1.97. The molecule has 0 heterocycles. The van der Waals surface area contributed by atoms with Gasteiger partial charge in [-0.15, -0.1) is 0 Å². The van der Waals surface area contributed by atoms with Gasteiger partial charge in [-0.05, 0) is 19.5 Å². The van der Waals surface area contributed by atoms with Crippen molar-refractivity contribution in [1.82, 2.24) is 10.2 Å².